The van der Waals surface area contributed by atoms with Crippen LogP contribution >= 0.6 is 0 Å². The Labute approximate surface area is 149 Å². The zero-order chi connectivity index (χ0) is 17.6. The van der Waals surface area contributed by atoms with E-state index < -0.39 is 0 Å². The highest BCUT2D eigenvalue weighted by Gasteiger charge is 2.46. The third kappa shape index (κ3) is 2.84. The van der Waals surface area contributed by atoms with Crippen LogP contribution in [0, 0.1) is 17.8 Å². The summed E-state index contributed by atoms with van der Waals surface area (Å²) in [5.74, 6) is 1.20. The van der Waals surface area contributed by atoms with Gasteiger partial charge in [0.25, 0.3) is 0 Å². The number of benzene rings is 1. The van der Waals surface area contributed by atoms with Gasteiger partial charge in [-0.15, -0.1) is 0 Å². The summed E-state index contributed by atoms with van der Waals surface area (Å²) in [6.07, 6.45) is 3.32. The summed E-state index contributed by atoms with van der Waals surface area (Å²) in [5, 5.41) is 0. The second-order valence-corrected chi connectivity index (χ2v) is 7.91. The van der Waals surface area contributed by atoms with Gasteiger partial charge in [-0.3, -0.25) is 9.59 Å². The molecule has 0 radical (unpaired) electrons. The molecule has 5 nitrogen and oxygen atoms in total. The fraction of sp³-hybridized carbons (Fsp3) is 0.600. The summed E-state index contributed by atoms with van der Waals surface area (Å²) in [4.78, 5) is 29.4. The minimum atomic E-state index is -0.163. The van der Waals surface area contributed by atoms with Gasteiger partial charge in [-0.25, -0.2) is 0 Å². The van der Waals surface area contributed by atoms with Gasteiger partial charge >= 0.3 is 0 Å². The maximum Gasteiger partial charge on any atom is 0.228 e. The van der Waals surface area contributed by atoms with E-state index in [1.807, 2.05) is 42.3 Å². The molecule has 0 spiro atoms. The topological polar surface area (TPSA) is 66.6 Å². The molecule has 2 N–H and O–H groups in total. The molecule has 25 heavy (non-hydrogen) atoms. The molecular weight excluding hydrogens is 314 g/mol. The predicted molar refractivity (Wildman–Crippen MR) is 95.4 cm³/mol. The van der Waals surface area contributed by atoms with E-state index in [4.69, 9.17) is 5.73 Å². The van der Waals surface area contributed by atoms with Gasteiger partial charge in [0.15, 0.2) is 0 Å². The predicted octanol–water partition coefficient (Wildman–Crippen LogP) is 1.79. The lowest BCUT2D eigenvalue weighted by Gasteiger charge is -2.40. The Balaban J connectivity index is 1.57. The number of carbonyl (C=O) groups excluding carboxylic acids is 2. The Hall–Kier alpha value is -1.88. The highest BCUT2D eigenvalue weighted by molar-refractivity contribution is 5.85. The average molecular weight is 341 g/mol. The highest BCUT2D eigenvalue weighted by Crippen LogP contribution is 2.41. The Bertz CT molecular complexity index is 662. The van der Waals surface area contributed by atoms with Crippen LogP contribution in [0.1, 0.15) is 37.3 Å². The van der Waals surface area contributed by atoms with Gasteiger partial charge < -0.3 is 15.5 Å². The van der Waals surface area contributed by atoms with Crippen molar-refractivity contribution in [3.05, 3.63) is 35.9 Å². The molecule has 1 aromatic rings. The molecule has 134 valence electrons. The van der Waals surface area contributed by atoms with E-state index in [9.17, 15) is 9.59 Å². The van der Waals surface area contributed by atoms with Crippen LogP contribution in [0.4, 0.5) is 0 Å². The van der Waals surface area contributed by atoms with Gasteiger partial charge in [-0.1, -0.05) is 30.3 Å². The van der Waals surface area contributed by atoms with Crippen LogP contribution in [0.2, 0.25) is 0 Å². The first-order chi connectivity index (χ1) is 12.1. The van der Waals surface area contributed by atoms with Crippen molar-refractivity contribution in [1.29, 1.82) is 0 Å². The van der Waals surface area contributed by atoms with Crippen LogP contribution in [-0.4, -0.2) is 47.8 Å². The van der Waals surface area contributed by atoms with Crippen LogP contribution in [0.25, 0.3) is 0 Å². The molecule has 2 aliphatic heterocycles. The lowest BCUT2D eigenvalue weighted by atomic mass is 9.83. The summed E-state index contributed by atoms with van der Waals surface area (Å²) < 4.78 is 0. The maximum absolute atomic E-state index is 13.3. The van der Waals surface area contributed by atoms with Crippen molar-refractivity contribution in [2.75, 3.05) is 20.1 Å². The molecule has 3 aliphatic rings. The molecular formula is C20H27N3O2. The number of rotatable bonds is 2. The number of carbonyl (C=O) groups is 2. The number of piperidine rings is 1. The molecule has 2 amide bonds. The average Bonchev–Trinajstić information content (AvgIpc) is 3.20. The largest absolute Gasteiger partial charge is 0.342 e. The number of hydrogen-bond acceptors (Lipinski definition) is 3. The van der Waals surface area contributed by atoms with Crippen molar-refractivity contribution in [2.45, 2.75) is 37.8 Å². The van der Waals surface area contributed by atoms with E-state index in [1.165, 1.54) is 0 Å². The van der Waals surface area contributed by atoms with E-state index in [2.05, 4.69) is 0 Å². The smallest absolute Gasteiger partial charge is 0.228 e. The second-order valence-electron chi connectivity index (χ2n) is 7.91. The van der Waals surface area contributed by atoms with Crippen LogP contribution < -0.4 is 5.73 Å². The van der Waals surface area contributed by atoms with Crippen molar-refractivity contribution in [3.63, 3.8) is 0 Å². The van der Waals surface area contributed by atoms with E-state index in [0.717, 1.165) is 31.5 Å². The Morgan fingerprint density at radius 2 is 1.88 bits per heavy atom. The normalized spacial score (nSPS) is 35.1. The number of likely N-dealkylation sites (tertiary alicyclic amines) is 2. The lowest BCUT2D eigenvalue weighted by molar-refractivity contribution is -0.146. The first-order valence-electron chi connectivity index (χ1n) is 9.41. The molecule has 2 heterocycles. The maximum atomic E-state index is 13.3. The molecule has 1 aromatic carbocycles. The number of fused-ring (bicyclic) bond motifs is 1. The number of hydrogen-bond donors (Lipinski definition) is 1. The molecule has 5 unspecified atom stereocenters. The Kier molecular flexibility index (Phi) is 4.28. The molecule has 0 aromatic heterocycles. The quantitative estimate of drug-likeness (QED) is 0.892. The summed E-state index contributed by atoms with van der Waals surface area (Å²) in [6, 6.07) is 10.0. The first kappa shape index (κ1) is 16.6. The summed E-state index contributed by atoms with van der Waals surface area (Å²) in [6.45, 7) is 1.63. The lowest BCUT2D eigenvalue weighted by Crippen LogP contribution is -2.47. The van der Waals surface area contributed by atoms with Gasteiger partial charge in [-0.2, -0.15) is 0 Å². The summed E-state index contributed by atoms with van der Waals surface area (Å²) in [5.41, 5.74) is 7.28. The Morgan fingerprint density at radius 1 is 1.12 bits per heavy atom. The van der Waals surface area contributed by atoms with E-state index in [0.29, 0.717) is 24.7 Å². The van der Waals surface area contributed by atoms with E-state index >= 15 is 0 Å². The van der Waals surface area contributed by atoms with Crippen molar-refractivity contribution in [3.8, 4) is 0 Å². The van der Waals surface area contributed by atoms with Crippen LogP contribution in [0.15, 0.2) is 30.3 Å². The minimum Gasteiger partial charge on any atom is -0.342 e. The van der Waals surface area contributed by atoms with Crippen LogP contribution in [0.5, 0.6) is 0 Å². The van der Waals surface area contributed by atoms with Crippen molar-refractivity contribution in [1.82, 2.24) is 9.80 Å². The molecule has 0 bridgehead atoms. The van der Waals surface area contributed by atoms with Gasteiger partial charge in [0.2, 0.25) is 11.8 Å². The fourth-order valence-corrected chi connectivity index (χ4v) is 5.12. The SMILES string of the molecule is CN1C(=O)CCC(C(=O)N2CC3CCC(N)C3C2)C1c1ccccc1. The molecule has 3 fully saturated rings. The summed E-state index contributed by atoms with van der Waals surface area (Å²) in [7, 11) is 1.83. The number of nitrogens with two attached hydrogens (primary N) is 1. The van der Waals surface area contributed by atoms with Crippen molar-refractivity contribution < 1.29 is 9.59 Å². The van der Waals surface area contributed by atoms with Gasteiger partial charge in [0, 0.05) is 32.6 Å². The van der Waals surface area contributed by atoms with Crippen LogP contribution in [-0.2, 0) is 9.59 Å². The second kappa shape index (κ2) is 6.45. The van der Waals surface area contributed by atoms with Gasteiger partial charge in [-0.05, 0) is 36.7 Å². The molecule has 1 aliphatic carbocycles. The molecule has 5 heteroatoms. The van der Waals surface area contributed by atoms with Crippen molar-refractivity contribution in [2.24, 2.45) is 23.5 Å². The zero-order valence-corrected chi connectivity index (χ0v) is 14.8. The molecule has 5 atom stereocenters. The van der Waals surface area contributed by atoms with Crippen LogP contribution in [0.3, 0.4) is 0 Å². The summed E-state index contributed by atoms with van der Waals surface area (Å²) >= 11 is 0. The first-order valence-corrected chi connectivity index (χ1v) is 9.41. The standard InChI is InChI=1S/C20H27N3O2/c1-22-18(24)10-8-15(19(22)13-5-3-2-4-6-13)20(25)23-11-14-7-9-17(21)16(14)12-23/h2-6,14-17,19H,7-12,21H2,1H3. The minimum absolute atomic E-state index is 0.123. The fourth-order valence-electron chi connectivity index (χ4n) is 5.12. The Morgan fingerprint density at radius 3 is 2.60 bits per heavy atom. The number of amides is 2. The van der Waals surface area contributed by atoms with E-state index in [-0.39, 0.29) is 29.8 Å². The van der Waals surface area contributed by atoms with Crippen molar-refractivity contribution >= 4 is 11.8 Å². The molecule has 4 rings (SSSR count). The van der Waals surface area contributed by atoms with Gasteiger partial charge in [0.1, 0.15) is 0 Å². The van der Waals surface area contributed by atoms with E-state index in [1.54, 1.807) is 4.90 Å². The monoisotopic (exact) mass is 341 g/mol. The third-order valence-electron chi connectivity index (χ3n) is 6.54. The highest BCUT2D eigenvalue weighted by atomic mass is 16.2. The molecule has 2 saturated heterocycles. The van der Waals surface area contributed by atoms with Gasteiger partial charge in [0.05, 0.1) is 12.0 Å². The number of nitrogens with zero attached hydrogens (tertiary/aromatic N) is 2. The zero-order valence-electron chi connectivity index (χ0n) is 14.8. The third-order valence-corrected chi connectivity index (χ3v) is 6.54. The molecule has 1 saturated carbocycles.